The molecule has 0 bridgehead atoms. The van der Waals surface area contributed by atoms with E-state index in [2.05, 4.69) is 15.4 Å². The Hall–Kier alpha value is -3.35. The van der Waals surface area contributed by atoms with Crippen LogP contribution >= 0.6 is 0 Å². The monoisotopic (exact) mass is 363 g/mol. The minimum Gasteiger partial charge on any atom is -0.466 e. The molecule has 3 aromatic heterocycles. The number of hydrogen-bond acceptors (Lipinski definition) is 4. The third kappa shape index (κ3) is 3.01. The van der Waals surface area contributed by atoms with Crippen LogP contribution < -0.4 is 10.1 Å². The van der Waals surface area contributed by atoms with Gasteiger partial charge in [0.05, 0.1) is 11.1 Å². The average molecular weight is 363 g/mol. The van der Waals surface area contributed by atoms with Gasteiger partial charge < -0.3 is 14.6 Å². The smallest absolute Gasteiger partial charge is 0.262 e. The van der Waals surface area contributed by atoms with E-state index in [0.717, 1.165) is 38.9 Å². The van der Waals surface area contributed by atoms with Gasteiger partial charge in [-0.2, -0.15) is 0 Å². The summed E-state index contributed by atoms with van der Waals surface area (Å²) < 4.78 is 9.41. The Bertz CT molecular complexity index is 1170. The van der Waals surface area contributed by atoms with E-state index in [1.165, 1.54) is 0 Å². The fraction of sp³-hybridized carbons (Fsp3) is 0.250. The first-order valence-corrected chi connectivity index (χ1v) is 8.71. The van der Waals surface area contributed by atoms with E-state index in [9.17, 15) is 4.79 Å². The van der Waals surface area contributed by atoms with Crippen LogP contribution in [0.3, 0.4) is 0 Å². The zero-order chi connectivity index (χ0) is 19.1. The van der Waals surface area contributed by atoms with Crippen molar-refractivity contribution in [2.24, 2.45) is 14.1 Å². The number of rotatable bonds is 4. The number of carbonyl (C=O) groups is 1. The van der Waals surface area contributed by atoms with Crippen molar-refractivity contribution in [2.75, 3.05) is 11.9 Å². The maximum atomic E-state index is 12.4. The van der Waals surface area contributed by atoms with E-state index in [0.29, 0.717) is 5.88 Å². The number of ether oxygens (including phenoxy) is 1. The highest BCUT2D eigenvalue weighted by molar-refractivity contribution is 6.02. The van der Waals surface area contributed by atoms with E-state index < -0.39 is 0 Å². The molecular weight excluding hydrogens is 342 g/mol. The predicted molar refractivity (Wildman–Crippen MR) is 105 cm³/mol. The van der Waals surface area contributed by atoms with E-state index in [-0.39, 0.29) is 12.5 Å². The van der Waals surface area contributed by atoms with Gasteiger partial charge in [-0.3, -0.25) is 4.79 Å². The lowest BCUT2D eigenvalue weighted by Crippen LogP contribution is -2.20. The van der Waals surface area contributed by atoms with Gasteiger partial charge in [0.1, 0.15) is 0 Å². The minimum absolute atomic E-state index is 0.122. The van der Waals surface area contributed by atoms with Gasteiger partial charge in [0.15, 0.2) is 12.3 Å². The van der Waals surface area contributed by atoms with Crippen molar-refractivity contribution in [2.45, 2.75) is 13.8 Å². The maximum absolute atomic E-state index is 12.4. The number of amides is 1. The van der Waals surface area contributed by atoms with Gasteiger partial charge in [-0.25, -0.2) is 9.67 Å². The van der Waals surface area contributed by atoms with Crippen LogP contribution in [0.2, 0.25) is 0 Å². The van der Waals surface area contributed by atoms with Crippen LogP contribution in [0.1, 0.15) is 11.3 Å². The summed E-state index contributed by atoms with van der Waals surface area (Å²) in [5.74, 6) is 0.188. The fourth-order valence-electron chi connectivity index (χ4n) is 3.38. The number of benzene rings is 1. The fourth-order valence-corrected chi connectivity index (χ4v) is 3.38. The minimum atomic E-state index is -0.233. The zero-order valence-electron chi connectivity index (χ0n) is 15.8. The van der Waals surface area contributed by atoms with Gasteiger partial charge >= 0.3 is 0 Å². The Labute approximate surface area is 156 Å². The first-order chi connectivity index (χ1) is 12.9. The van der Waals surface area contributed by atoms with E-state index in [1.54, 1.807) is 4.68 Å². The number of hydrogen-bond donors (Lipinski definition) is 1. The Morgan fingerprint density at radius 3 is 2.85 bits per heavy atom. The van der Waals surface area contributed by atoms with Crippen molar-refractivity contribution in [3.8, 4) is 5.88 Å². The van der Waals surface area contributed by atoms with Crippen LogP contribution in [-0.4, -0.2) is 31.8 Å². The molecule has 1 amide bonds. The SMILES string of the molecule is Cc1cc(C)c2c(OCC(=O)Nc3cccc4c3ccn4C)nn(C)c2n1. The standard InChI is InChI=1S/C20H21N5O2/c1-12-10-13(2)21-19-18(12)20(23-25(19)4)27-11-17(26)22-15-6-5-7-16-14(15)8-9-24(16)3/h5-10H,11H2,1-4H3,(H,22,26). The number of pyridine rings is 1. The number of fused-ring (bicyclic) bond motifs is 2. The summed E-state index contributed by atoms with van der Waals surface area (Å²) in [5.41, 5.74) is 4.51. The molecule has 0 saturated heterocycles. The highest BCUT2D eigenvalue weighted by Crippen LogP contribution is 2.27. The van der Waals surface area contributed by atoms with Gasteiger partial charge in [0.2, 0.25) is 5.88 Å². The molecule has 1 aromatic carbocycles. The van der Waals surface area contributed by atoms with Gasteiger partial charge in [-0.1, -0.05) is 6.07 Å². The maximum Gasteiger partial charge on any atom is 0.262 e. The summed E-state index contributed by atoms with van der Waals surface area (Å²) in [6.45, 7) is 3.81. The van der Waals surface area contributed by atoms with E-state index in [4.69, 9.17) is 4.74 Å². The second-order valence-electron chi connectivity index (χ2n) is 6.71. The molecule has 4 aromatic rings. The van der Waals surface area contributed by atoms with Crippen molar-refractivity contribution in [3.05, 3.63) is 47.8 Å². The molecule has 7 heteroatoms. The van der Waals surface area contributed by atoms with Crippen LogP contribution in [0.4, 0.5) is 5.69 Å². The second kappa shape index (κ2) is 6.42. The third-order valence-corrected chi connectivity index (χ3v) is 4.63. The summed E-state index contributed by atoms with van der Waals surface area (Å²) in [4.78, 5) is 16.9. The topological polar surface area (TPSA) is 74.0 Å². The largest absolute Gasteiger partial charge is 0.466 e. The van der Waals surface area contributed by atoms with Crippen molar-refractivity contribution >= 4 is 33.5 Å². The molecule has 138 valence electrons. The lowest BCUT2D eigenvalue weighted by atomic mass is 10.2. The van der Waals surface area contributed by atoms with Crippen molar-refractivity contribution in [1.29, 1.82) is 0 Å². The molecule has 0 unspecified atom stereocenters. The van der Waals surface area contributed by atoms with E-state index in [1.807, 2.05) is 69.0 Å². The highest BCUT2D eigenvalue weighted by Gasteiger charge is 2.16. The Morgan fingerprint density at radius 1 is 1.22 bits per heavy atom. The van der Waals surface area contributed by atoms with Crippen LogP contribution in [0, 0.1) is 13.8 Å². The molecule has 3 heterocycles. The Balaban J connectivity index is 1.54. The summed E-state index contributed by atoms with van der Waals surface area (Å²) >= 11 is 0. The number of aryl methyl sites for hydroxylation is 4. The van der Waals surface area contributed by atoms with Crippen LogP contribution in [-0.2, 0) is 18.9 Å². The number of anilines is 1. The first-order valence-electron chi connectivity index (χ1n) is 8.71. The van der Waals surface area contributed by atoms with Crippen LogP contribution in [0.25, 0.3) is 21.9 Å². The zero-order valence-corrected chi connectivity index (χ0v) is 15.8. The summed E-state index contributed by atoms with van der Waals surface area (Å²) in [6, 6.07) is 9.78. The quantitative estimate of drug-likeness (QED) is 0.605. The van der Waals surface area contributed by atoms with Crippen molar-refractivity contribution in [1.82, 2.24) is 19.3 Å². The molecule has 27 heavy (non-hydrogen) atoms. The molecule has 0 atom stereocenters. The Morgan fingerprint density at radius 2 is 2.04 bits per heavy atom. The normalized spacial score (nSPS) is 11.3. The van der Waals surface area contributed by atoms with E-state index >= 15 is 0 Å². The summed E-state index contributed by atoms with van der Waals surface area (Å²) in [6.07, 6.45) is 1.97. The number of nitrogens with one attached hydrogen (secondary N) is 1. The lowest BCUT2D eigenvalue weighted by molar-refractivity contribution is -0.118. The molecule has 1 N–H and O–H groups in total. The van der Waals surface area contributed by atoms with Crippen molar-refractivity contribution < 1.29 is 9.53 Å². The molecule has 0 aliphatic carbocycles. The van der Waals surface area contributed by atoms with Crippen molar-refractivity contribution in [3.63, 3.8) is 0 Å². The molecule has 0 saturated carbocycles. The highest BCUT2D eigenvalue weighted by atomic mass is 16.5. The average Bonchev–Trinajstić information content (AvgIpc) is 3.15. The molecule has 4 rings (SSSR count). The number of carbonyl (C=O) groups excluding carboxylic acids is 1. The number of aromatic nitrogens is 4. The molecular formula is C20H21N5O2. The number of nitrogens with zero attached hydrogens (tertiary/aromatic N) is 4. The van der Waals surface area contributed by atoms with Gasteiger partial charge in [-0.05, 0) is 43.7 Å². The summed E-state index contributed by atoms with van der Waals surface area (Å²) in [5, 5.41) is 9.12. The van der Waals surface area contributed by atoms with Gasteiger partial charge in [-0.15, -0.1) is 5.10 Å². The van der Waals surface area contributed by atoms with Crippen LogP contribution in [0.15, 0.2) is 36.5 Å². The lowest BCUT2D eigenvalue weighted by Gasteiger charge is -2.08. The second-order valence-corrected chi connectivity index (χ2v) is 6.71. The predicted octanol–water partition coefficient (Wildman–Crippen LogP) is 3.09. The van der Waals surface area contributed by atoms with Gasteiger partial charge in [0, 0.05) is 36.9 Å². The first kappa shape index (κ1) is 17.1. The molecule has 7 nitrogen and oxygen atoms in total. The molecule has 0 aliphatic rings. The van der Waals surface area contributed by atoms with Crippen LogP contribution in [0.5, 0.6) is 5.88 Å². The van der Waals surface area contributed by atoms with Gasteiger partial charge in [0.25, 0.3) is 5.91 Å². The summed E-state index contributed by atoms with van der Waals surface area (Å²) in [7, 11) is 3.79. The molecule has 0 radical (unpaired) electrons. The molecule has 0 fully saturated rings. The molecule has 0 spiro atoms. The Kier molecular flexibility index (Phi) is 4.07. The third-order valence-electron chi connectivity index (χ3n) is 4.63. The molecule has 0 aliphatic heterocycles.